The molecule has 1 aromatic heterocycles. The highest BCUT2D eigenvalue weighted by molar-refractivity contribution is 6.20. The van der Waals surface area contributed by atoms with Crippen LogP contribution in [0, 0.1) is 5.92 Å². The number of benzene rings is 1. The number of para-hydroxylation sites is 1. The molecule has 0 aliphatic heterocycles. The summed E-state index contributed by atoms with van der Waals surface area (Å²) in [6, 6.07) is 7.86. The molecule has 2 rings (SSSR count). The quantitative estimate of drug-likeness (QED) is 0.784. The maximum absolute atomic E-state index is 6.49. The summed E-state index contributed by atoms with van der Waals surface area (Å²) >= 11 is 6.49. The Labute approximate surface area is 137 Å². The van der Waals surface area contributed by atoms with Gasteiger partial charge < -0.3 is 9.72 Å². The molecule has 0 radical (unpaired) electrons. The summed E-state index contributed by atoms with van der Waals surface area (Å²) < 4.78 is 5.40. The molecule has 1 atom stereocenters. The van der Waals surface area contributed by atoms with E-state index in [1.807, 2.05) is 24.3 Å². The van der Waals surface area contributed by atoms with Gasteiger partial charge in [0.1, 0.15) is 11.6 Å². The van der Waals surface area contributed by atoms with Crippen molar-refractivity contribution in [3.05, 3.63) is 35.7 Å². The molecule has 0 bridgehead atoms. The minimum atomic E-state index is -0.0790. The lowest BCUT2D eigenvalue weighted by Gasteiger charge is -2.11. The van der Waals surface area contributed by atoms with Crippen LogP contribution in [-0.2, 0) is 6.42 Å². The molecule has 3 nitrogen and oxygen atoms in total. The van der Waals surface area contributed by atoms with Crippen LogP contribution in [0.5, 0.6) is 5.75 Å². The summed E-state index contributed by atoms with van der Waals surface area (Å²) in [7, 11) is 1.67. The van der Waals surface area contributed by atoms with E-state index in [0.717, 1.165) is 34.9 Å². The van der Waals surface area contributed by atoms with E-state index in [4.69, 9.17) is 21.3 Å². The number of hydrogen-bond acceptors (Lipinski definition) is 2. The number of aryl methyl sites for hydroxylation is 1. The fourth-order valence-corrected chi connectivity index (χ4v) is 2.38. The summed E-state index contributed by atoms with van der Waals surface area (Å²) in [5.41, 5.74) is 3.01. The van der Waals surface area contributed by atoms with Crippen molar-refractivity contribution in [2.45, 2.75) is 32.6 Å². The van der Waals surface area contributed by atoms with Gasteiger partial charge in [-0.1, -0.05) is 32.9 Å². The Morgan fingerprint density at radius 3 is 2.52 bits per heavy atom. The number of nitrogens with one attached hydrogen (secondary N) is 1. The number of H-pyrrole nitrogens is 1. The monoisotopic (exact) mass is 328 g/mol. The third-order valence-corrected chi connectivity index (χ3v) is 4.08. The average molecular weight is 329 g/mol. The van der Waals surface area contributed by atoms with Gasteiger partial charge in [0.15, 0.2) is 0 Å². The second-order valence-electron chi connectivity index (χ2n) is 5.15. The lowest BCUT2D eigenvalue weighted by molar-refractivity contribution is 0.416. The number of hydrogen-bond donors (Lipinski definition) is 1. The van der Waals surface area contributed by atoms with Crippen LogP contribution in [0.25, 0.3) is 11.4 Å². The predicted octanol–water partition coefficient (Wildman–Crippen LogP) is 5.01. The number of aromatic nitrogens is 2. The summed E-state index contributed by atoms with van der Waals surface area (Å²) in [6.07, 6.45) is 0.882. The normalized spacial score (nSPS) is 12.1. The molecular formula is C16H22Cl2N2O. The molecule has 1 unspecified atom stereocenters. The van der Waals surface area contributed by atoms with Crippen molar-refractivity contribution in [1.29, 1.82) is 0 Å². The topological polar surface area (TPSA) is 37.9 Å². The van der Waals surface area contributed by atoms with E-state index < -0.39 is 0 Å². The average Bonchev–Trinajstić information content (AvgIpc) is 2.90. The van der Waals surface area contributed by atoms with Crippen molar-refractivity contribution in [1.82, 2.24) is 9.97 Å². The molecule has 1 heterocycles. The van der Waals surface area contributed by atoms with Crippen molar-refractivity contribution >= 4 is 24.0 Å². The van der Waals surface area contributed by atoms with E-state index in [1.54, 1.807) is 7.11 Å². The Hall–Kier alpha value is -1.19. The maximum Gasteiger partial charge on any atom is 0.141 e. The molecule has 5 heteroatoms. The number of nitrogens with zero attached hydrogens (tertiary/aromatic N) is 1. The highest BCUT2D eigenvalue weighted by Crippen LogP contribution is 2.34. The van der Waals surface area contributed by atoms with Crippen LogP contribution in [0.15, 0.2) is 24.3 Å². The molecule has 0 fully saturated rings. The fourth-order valence-electron chi connectivity index (χ4n) is 2.20. The van der Waals surface area contributed by atoms with Crippen LogP contribution < -0.4 is 4.74 Å². The molecule has 116 valence electrons. The van der Waals surface area contributed by atoms with Crippen molar-refractivity contribution < 1.29 is 4.74 Å². The van der Waals surface area contributed by atoms with Gasteiger partial charge in [0.05, 0.1) is 23.7 Å². The van der Waals surface area contributed by atoms with Gasteiger partial charge in [0, 0.05) is 5.69 Å². The molecule has 0 saturated heterocycles. The molecule has 0 saturated carbocycles. The fraction of sp³-hybridized carbons (Fsp3) is 0.438. The van der Waals surface area contributed by atoms with Gasteiger partial charge in [-0.15, -0.1) is 24.0 Å². The molecule has 21 heavy (non-hydrogen) atoms. The number of ether oxygens (including phenoxy) is 1. The summed E-state index contributed by atoms with van der Waals surface area (Å²) in [6.45, 7) is 6.32. The maximum atomic E-state index is 6.49. The Morgan fingerprint density at radius 1 is 1.29 bits per heavy atom. The molecule has 1 N–H and O–H groups in total. The third-order valence-electron chi connectivity index (χ3n) is 3.37. The summed E-state index contributed by atoms with van der Waals surface area (Å²) in [5, 5.41) is -0.0790. The zero-order valence-electron chi connectivity index (χ0n) is 12.8. The highest BCUT2D eigenvalue weighted by atomic mass is 35.5. The van der Waals surface area contributed by atoms with Crippen LogP contribution in [0.3, 0.4) is 0 Å². The van der Waals surface area contributed by atoms with Gasteiger partial charge in [-0.25, -0.2) is 4.98 Å². The Bertz CT molecular complexity index is 581. The molecule has 0 aliphatic rings. The first-order valence-corrected chi connectivity index (χ1v) is 7.38. The van der Waals surface area contributed by atoms with E-state index in [9.17, 15) is 0 Å². The first kappa shape index (κ1) is 17.9. The lowest BCUT2D eigenvalue weighted by atomic mass is 10.1. The van der Waals surface area contributed by atoms with Crippen LogP contribution >= 0.6 is 24.0 Å². The number of imidazole rings is 1. The number of aromatic amines is 1. The number of halogens is 2. The van der Waals surface area contributed by atoms with Crippen LogP contribution in [-0.4, -0.2) is 17.1 Å². The third kappa shape index (κ3) is 3.72. The van der Waals surface area contributed by atoms with E-state index in [0.29, 0.717) is 5.92 Å². The minimum absolute atomic E-state index is 0. The molecule has 0 aliphatic carbocycles. The Kier molecular flexibility index (Phi) is 6.56. The van der Waals surface area contributed by atoms with Gasteiger partial charge in [-0.2, -0.15) is 0 Å². The molecular weight excluding hydrogens is 307 g/mol. The van der Waals surface area contributed by atoms with E-state index >= 15 is 0 Å². The second kappa shape index (κ2) is 7.71. The zero-order chi connectivity index (χ0) is 14.7. The standard InChI is InChI=1S/C16H21ClN2O.ClH/c1-5-12-15(14(17)10(2)3)19-16(18-12)11-8-6-7-9-13(11)20-4;/h6-10,14H,5H2,1-4H3,(H,18,19);1H. The van der Waals surface area contributed by atoms with Crippen molar-refractivity contribution in [3.63, 3.8) is 0 Å². The molecule has 1 aromatic carbocycles. The molecule has 2 aromatic rings. The smallest absolute Gasteiger partial charge is 0.141 e. The first-order chi connectivity index (χ1) is 9.58. The Balaban J connectivity index is 0.00000220. The predicted molar refractivity (Wildman–Crippen MR) is 90.6 cm³/mol. The number of methoxy groups -OCH3 is 1. The van der Waals surface area contributed by atoms with E-state index in [2.05, 4.69) is 25.8 Å². The summed E-state index contributed by atoms with van der Waals surface area (Å²) in [4.78, 5) is 8.10. The number of rotatable bonds is 5. The van der Waals surface area contributed by atoms with Gasteiger partial charge in [0.2, 0.25) is 0 Å². The highest BCUT2D eigenvalue weighted by Gasteiger charge is 2.21. The van der Waals surface area contributed by atoms with E-state index in [-0.39, 0.29) is 17.8 Å². The van der Waals surface area contributed by atoms with Crippen LogP contribution in [0.2, 0.25) is 0 Å². The Morgan fingerprint density at radius 2 is 1.95 bits per heavy atom. The van der Waals surface area contributed by atoms with Crippen molar-refractivity contribution in [2.75, 3.05) is 7.11 Å². The lowest BCUT2D eigenvalue weighted by Crippen LogP contribution is -2.02. The molecule has 0 amide bonds. The van der Waals surface area contributed by atoms with Gasteiger partial charge >= 0.3 is 0 Å². The van der Waals surface area contributed by atoms with Gasteiger partial charge in [-0.05, 0) is 24.5 Å². The number of alkyl halides is 1. The van der Waals surface area contributed by atoms with Gasteiger partial charge in [0.25, 0.3) is 0 Å². The van der Waals surface area contributed by atoms with Crippen molar-refractivity contribution in [3.8, 4) is 17.1 Å². The van der Waals surface area contributed by atoms with E-state index in [1.165, 1.54) is 0 Å². The first-order valence-electron chi connectivity index (χ1n) is 6.94. The van der Waals surface area contributed by atoms with Crippen LogP contribution in [0.1, 0.15) is 37.5 Å². The largest absolute Gasteiger partial charge is 0.496 e. The van der Waals surface area contributed by atoms with Gasteiger partial charge in [-0.3, -0.25) is 0 Å². The minimum Gasteiger partial charge on any atom is -0.496 e. The van der Waals surface area contributed by atoms with Crippen LogP contribution in [0.4, 0.5) is 0 Å². The SMILES string of the molecule is CCc1[nH]c(-c2ccccc2OC)nc1C(Cl)C(C)C.Cl. The summed E-state index contributed by atoms with van der Waals surface area (Å²) in [5.74, 6) is 1.97. The molecule has 0 spiro atoms. The second-order valence-corrected chi connectivity index (χ2v) is 5.62. The van der Waals surface area contributed by atoms with Crippen molar-refractivity contribution in [2.24, 2.45) is 5.92 Å². The zero-order valence-corrected chi connectivity index (χ0v) is 14.4.